The van der Waals surface area contributed by atoms with Gasteiger partial charge in [-0.25, -0.2) is 14.2 Å². The predicted molar refractivity (Wildman–Crippen MR) is 91.9 cm³/mol. The zero-order chi connectivity index (χ0) is 17.4. The van der Waals surface area contributed by atoms with E-state index < -0.39 is 0 Å². The lowest BCUT2D eigenvalue weighted by Crippen LogP contribution is -2.16. The summed E-state index contributed by atoms with van der Waals surface area (Å²) in [6.07, 6.45) is 3.44. The number of aromatic nitrogens is 6. The summed E-state index contributed by atoms with van der Waals surface area (Å²) in [7, 11) is 1.56. The van der Waals surface area contributed by atoms with Crippen molar-refractivity contribution in [3.63, 3.8) is 0 Å². The van der Waals surface area contributed by atoms with Crippen LogP contribution in [0, 0.1) is 0 Å². The number of nitrogens with zero attached hydrogens (tertiary/aromatic N) is 5. The average Bonchev–Trinajstić information content (AvgIpc) is 3.24. The zero-order valence-electron chi connectivity index (χ0n) is 13.2. The zero-order valence-corrected chi connectivity index (χ0v) is 13.9. The minimum absolute atomic E-state index is 0.174. The molecule has 0 aliphatic carbocycles. The number of ether oxygens (including phenoxy) is 1. The fourth-order valence-corrected chi connectivity index (χ4v) is 2.82. The van der Waals surface area contributed by atoms with Crippen molar-refractivity contribution in [1.82, 2.24) is 29.6 Å². The molecule has 0 aliphatic rings. The first-order valence-electron chi connectivity index (χ1n) is 7.44. The Morgan fingerprint density at radius 2 is 2.16 bits per heavy atom. The quantitative estimate of drug-likeness (QED) is 0.604. The number of fused-ring (bicyclic) bond motifs is 1. The second-order valence-corrected chi connectivity index (χ2v) is 5.80. The van der Waals surface area contributed by atoms with E-state index in [2.05, 4.69) is 20.4 Å². The molecule has 0 amide bonds. The van der Waals surface area contributed by atoms with E-state index in [0.717, 1.165) is 5.56 Å². The van der Waals surface area contributed by atoms with Gasteiger partial charge in [0, 0.05) is 23.9 Å². The Morgan fingerprint density at radius 3 is 2.96 bits per heavy atom. The molecule has 0 fully saturated rings. The summed E-state index contributed by atoms with van der Waals surface area (Å²) in [5.74, 6) is 0.599. The molecule has 1 N–H and O–H groups in total. The van der Waals surface area contributed by atoms with Crippen LogP contribution < -0.4 is 10.3 Å². The summed E-state index contributed by atoms with van der Waals surface area (Å²) in [5.41, 5.74) is 2.49. The number of H-pyrrole nitrogens is 1. The lowest BCUT2D eigenvalue weighted by Gasteiger charge is -2.03. The van der Waals surface area contributed by atoms with Gasteiger partial charge in [-0.1, -0.05) is 16.8 Å². The molecule has 4 aromatic rings. The largest absolute Gasteiger partial charge is 0.495 e. The van der Waals surface area contributed by atoms with Gasteiger partial charge < -0.3 is 4.74 Å². The predicted octanol–water partition coefficient (Wildman–Crippen LogP) is 1.99. The van der Waals surface area contributed by atoms with Crippen molar-refractivity contribution in [1.29, 1.82) is 0 Å². The van der Waals surface area contributed by atoms with Crippen molar-refractivity contribution in [3.05, 3.63) is 63.8 Å². The molecule has 3 heterocycles. The van der Waals surface area contributed by atoms with Gasteiger partial charge >= 0.3 is 0 Å². The molecular weight excluding hydrogens is 344 g/mol. The molecule has 3 aromatic heterocycles. The number of benzene rings is 1. The Hall–Kier alpha value is -3.13. The van der Waals surface area contributed by atoms with Gasteiger partial charge in [0.1, 0.15) is 11.4 Å². The molecule has 9 heteroatoms. The first-order valence-corrected chi connectivity index (χ1v) is 7.82. The molecule has 0 bridgehead atoms. The van der Waals surface area contributed by atoms with Crippen molar-refractivity contribution in [3.8, 4) is 17.0 Å². The second kappa shape index (κ2) is 6.06. The normalized spacial score (nSPS) is 11.1. The first kappa shape index (κ1) is 15.4. The molecule has 0 unspecified atom stereocenters. The number of halogens is 1. The van der Waals surface area contributed by atoms with Gasteiger partial charge in [0.05, 0.1) is 30.6 Å². The van der Waals surface area contributed by atoms with Crippen LogP contribution in [0.2, 0.25) is 5.02 Å². The van der Waals surface area contributed by atoms with Gasteiger partial charge in [0.15, 0.2) is 5.65 Å². The van der Waals surface area contributed by atoms with E-state index in [9.17, 15) is 4.79 Å². The third-order valence-electron chi connectivity index (χ3n) is 3.74. The van der Waals surface area contributed by atoms with Gasteiger partial charge in [-0.2, -0.15) is 0 Å². The highest BCUT2D eigenvalue weighted by atomic mass is 35.5. The van der Waals surface area contributed by atoms with Gasteiger partial charge in [-0.15, -0.1) is 5.10 Å². The van der Waals surface area contributed by atoms with Crippen LogP contribution in [0.4, 0.5) is 0 Å². The van der Waals surface area contributed by atoms with E-state index in [0.29, 0.717) is 34.4 Å². The number of rotatable bonds is 4. The highest BCUT2D eigenvalue weighted by molar-refractivity contribution is 6.32. The summed E-state index contributed by atoms with van der Waals surface area (Å²) in [5, 5.41) is 11.5. The van der Waals surface area contributed by atoms with Crippen LogP contribution >= 0.6 is 11.6 Å². The van der Waals surface area contributed by atoms with Gasteiger partial charge in [-0.3, -0.25) is 9.89 Å². The third-order valence-corrected chi connectivity index (χ3v) is 4.04. The van der Waals surface area contributed by atoms with Crippen molar-refractivity contribution >= 4 is 17.2 Å². The Labute approximate surface area is 146 Å². The maximum absolute atomic E-state index is 12.0. The highest BCUT2D eigenvalue weighted by Crippen LogP contribution is 2.29. The maximum Gasteiger partial charge on any atom is 0.272 e. The van der Waals surface area contributed by atoms with Crippen LogP contribution in [0.15, 0.2) is 47.5 Å². The standard InChI is InChI=1S/C16H13ClN6O2/c1-25-14-3-2-10(6-12(14)17)13-9-22(21-20-13)8-11-7-16(24)23-15(19-11)4-5-18-23/h2-7,9,18H,8H2,1H3. The molecule has 0 aliphatic heterocycles. The minimum Gasteiger partial charge on any atom is -0.495 e. The minimum atomic E-state index is -0.174. The summed E-state index contributed by atoms with van der Waals surface area (Å²) < 4.78 is 8.14. The molecule has 0 saturated carbocycles. The van der Waals surface area contributed by atoms with Crippen molar-refractivity contribution in [2.45, 2.75) is 6.54 Å². The highest BCUT2D eigenvalue weighted by Gasteiger charge is 2.09. The second-order valence-electron chi connectivity index (χ2n) is 5.39. The number of methoxy groups -OCH3 is 1. The lowest BCUT2D eigenvalue weighted by atomic mass is 10.1. The van der Waals surface area contributed by atoms with E-state index in [1.165, 1.54) is 10.6 Å². The smallest absolute Gasteiger partial charge is 0.272 e. The van der Waals surface area contributed by atoms with Crippen LogP contribution in [0.25, 0.3) is 16.9 Å². The molecule has 0 atom stereocenters. The number of hydrogen-bond acceptors (Lipinski definition) is 5. The molecule has 1 aromatic carbocycles. The fraction of sp³-hybridized carbons (Fsp3) is 0.125. The van der Waals surface area contributed by atoms with Crippen molar-refractivity contribution < 1.29 is 4.74 Å². The fourth-order valence-electron chi connectivity index (χ4n) is 2.56. The molecule has 126 valence electrons. The number of hydrogen-bond donors (Lipinski definition) is 1. The van der Waals surface area contributed by atoms with E-state index in [1.807, 2.05) is 6.07 Å². The van der Waals surface area contributed by atoms with Crippen molar-refractivity contribution in [2.75, 3.05) is 7.11 Å². The maximum atomic E-state index is 12.0. The summed E-state index contributed by atoms with van der Waals surface area (Å²) in [6.45, 7) is 0.341. The number of nitrogens with one attached hydrogen (secondary N) is 1. The summed E-state index contributed by atoms with van der Waals surface area (Å²) >= 11 is 6.15. The van der Waals surface area contributed by atoms with E-state index in [-0.39, 0.29) is 5.56 Å². The van der Waals surface area contributed by atoms with E-state index in [4.69, 9.17) is 16.3 Å². The topological polar surface area (TPSA) is 90.1 Å². The third kappa shape index (κ3) is 2.87. The van der Waals surface area contributed by atoms with Crippen LogP contribution in [-0.4, -0.2) is 36.7 Å². The molecule has 0 radical (unpaired) electrons. The van der Waals surface area contributed by atoms with E-state index in [1.54, 1.807) is 42.4 Å². The Morgan fingerprint density at radius 1 is 1.28 bits per heavy atom. The molecule has 25 heavy (non-hydrogen) atoms. The van der Waals surface area contributed by atoms with Gasteiger partial charge in [0.2, 0.25) is 0 Å². The molecule has 4 rings (SSSR count). The molecule has 0 saturated heterocycles. The summed E-state index contributed by atoms with van der Waals surface area (Å²) in [4.78, 5) is 16.4. The Balaban J connectivity index is 1.62. The van der Waals surface area contributed by atoms with E-state index >= 15 is 0 Å². The number of aromatic amines is 1. The van der Waals surface area contributed by atoms with Crippen LogP contribution in [0.1, 0.15) is 5.69 Å². The Kier molecular flexibility index (Phi) is 3.73. The SMILES string of the molecule is COc1ccc(-c2cn(Cc3cc(=O)n4[nH]ccc4n3)nn2)cc1Cl. The van der Waals surface area contributed by atoms with Gasteiger partial charge in [-0.05, 0) is 18.2 Å². The van der Waals surface area contributed by atoms with Gasteiger partial charge in [0.25, 0.3) is 5.56 Å². The Bertz CT molecular complexity index is 1110. The first-order chi connectivity index (χ1) is 12.1. The van der Waals surface area contributed by atoms with Crippen LogP contribution in [-0.2, 0) is 6.54 Å². The van der Waals surface area contributed by atoms with Crippen LogP contribution in [0.3, 0.4) is 0 Å². The lowest BCUT2D eigenvalue weighted by molar-refractivity contribution is 0.415. The average molecular weight is 357 g/mol. The summed E-state index contributed by atoms with van der Waals surface area (Å²) in [6, 6.07) is 8.60. The monoisotopic (exact) mass is 356 g/mol. The molecule has 0 spiro atoms. The van der Waals surface area contributed by atoms with Crippen LogP contribution in [0.5, 0.6) is 5.75 Å². The molecule has 8 nitrogen and oxygen atoms in total. The van der Waals surface area contributed by atoms with Crippen molar-refractivity contribution in [2.24, 2.45) is 0 Å². The molecular formula is C16H13ClN6O2.